The second-order valence-corrected chi connectivity index (χ2v) is 5.49. The van der Waals surface area contributed by atoms with Crippen molar-refractivity contribution in [2.24, 2.45) is 0 Å². The Balaban J connectivity index is 2.08. The van der Waals surface area contributed by atoms with Crippen LogP contribution in [0.25, 0.3) is 0 Å². The lowest BCUT2D eigenvalue weighted by molar-refractivity contribution is 0.0963. The smallest absolute Gasteiger partial charge is 0.251 e. The van der Waals surface area contributed by atoms with Gasteiger partial charge in [0.15, 0.2) is 0 Å². The van der Waals surface area contributed by atoms with E-state index < -0.39 is 0 Å². The lowest BCUT2D eigenvalue weighted by Gasteiger charge is -2.16. The summed E-state index contributed by atoms with van der Waals surface area (Å²) in [6, 6.07) is 15.9. The van der Waals surface area contributed by atoms with Gasteiger partial charge in [0.05, 0.1) is 0 Å². The molecule has 0 fully saturated rings. The molecule has 4 heteroatoms. The highest BCUT2D eigenvalue weighted by atomic mass is 79.9. The van der Waals surface area contributed by atoms with Gasteiger partial charge in [-0.2, -0.15) is 0 Å². The van der Waals surface area contributed by atoms with E-state index in [0.717, 1.165) is 10.2 Å². The summed E-state index contributed by atoms with van der Waals surface area (Å²) >= 11 is 3.48. The highest BCUT2D eigenvalue weighted by molar-refractivity contribution is 9.10. The van der Waals surface area contributed by atoms with Crippen molar-refractivity contribution in [3.8, 4) is 0 Å². The largest absolute Gasteiger partial charge is 0.379 e. The summed E-state index contributed by atoms with van der Waals surface area (Å²) in [5.41, 5.74) is 2.85. The quantitative estimate of drug-likeness (QED) is 0.889. The van der Waals surface area contributed by atoms with Crippen LogP contribution in [0.4, 0.5) is 5.69 Å². The average molecular weight is 333 g/mol. The Bertz CT molecular complexity index is 596. The fourth-order valence-electron chi connectivity index (χ4n) is 1.97. The van der Waals surface area contributed by atoms with E-state index in [0.29, 0.717) is 5.56 Å². The molecule has 1 amide bonds. The molecule has 0 saturated heterocycles. The third-order valence-corrected chi connectivity index (χ3v) is 3.60. The predicted octanol–water partition coefficient (Wildman–Crippen LogP) is 3.98. The standard InChI is InChI=1S/C16H17BrN2O/c1-11(13-4-3-5-14(17)10-13)19-15-8-6-12(7-9-15)16(20)18-2/h3-11,19H,1-2H3,(H,18,20). The lowest BCUT2D eigenvalue weighted by Crippen LogP contribution is -2.17. The van der Waals surface area contributed by atoms with Gasteiger partial charge in [-0.1, -0.05) is 28.1 Å². The minimum atomic E-state index is -0.0726. The number of nitrogens with one attached hydrogen (secondary N) is 2. The summed E-state index contributed by atoms with van der Waals surface area (Å²) in [7, 11) is 1.63. The number of rotatable bonds is 4. The van der Waals surface area contributed by atoms with Crippen LogP contribution in [-0.4, -0.2) is 13.0 Å². The van der Waals surface area contributed by atoms with Crippen molar-refractivity contribution in [2.75, 3.05) is 12.4 Å². The summed E-state index contributed by atoms with van der Waals surface area (Å²) < 4.78 is 1.07. The van der Waals surface area contributed by atoms with Crippen molar-refractivity contribution >= 4 is 27.5 Å². The molecule has 3 nitrogen and oxygen atoms in total. The Morgan fingerprint density at radius 2 is 1.85 bits per heavy atom. The third-order valence-electron chi connectivity index (χ3n) is 3.11. The van der Waals surface area contributed by atoms with E-state index in [1.807, 2.05) is 36.4 Å². The average Bonchev–Trinajstić information content (AvgIpc) is 2.47. The molecular weight excluding hydrogens is 316 g/mol. The van der Waals surface area contributed by atoms with E-state index in [-0.39, 0.29) is 11.9 Å². The highest BCUT2D eigenvalue weighted by Crippen LogP contribution is 2.22. The van der Waals surface area contributed by atoms with Gasteiger partial charge in [-0.05, 0) is 48.9 Å². The molecule has 0 aromatic heterocycles. The first-order valence-electron chi connectivity index (χ1n) is 6.44. The van der Waals surface area contributed by atoms with Gasteiger partial charge in [0, 0.05) is 28.8 Å². The molecule has 2 rings (SSSR count). The van der Waals surface area contributed by atoms with E-state index in [1.165, 1.54) is 5.56 Å². The topological polar surface area (TPSA) is 41.1 Å². The van der Waals surface area contributed by atoms with Crippen LogP contribution in [0.2, 0.25) is 0 Å². The van der Waals surface area contributed by atoms with Gasteiger partial charge in [-0.25, -0.2) is 0 Å². The molecule has 2 aromatic carbocycles. The van der Waals surface area contributed by atoms with E-state index in [2.05, 4.69) is 45.6 Å². The summed E-state index contributed by atoms with van der Waals surface area (Å²) in [5.74, 6) is -0.0726. The number of anilines is 1. The second-order valence-electron chi connectivity index (χ2n) is 4.58. The SMILES string of the molecule is CNC(=O)c1ccc(NC(C)c2cccc(Br)c2)cc1. The first-order chi connectivity index (χ1) is 9.60. The molecule has 0 aliphatic rings. The zero-order chi connectivity index (χ0) is 14.5. The number of carbonyl (C=O) groups is 1. The molecule has 2 N–H and O–H groups in total. The molecule has 0 aliphatic heterocycles. The van der Waals surface area contributed by atoms with Crippen LogP contribution >= 0.6 is 15.9 Å². The third kappa shape index (κ3) is 3.61. The molecule has 1 atom stereocenters. The van der Waals surface area contributed by atoms with Gasteiger partial charge < -0.3 is 10.6 Å². The van der Waals surface area contributed by atoms with Gasteiger partial charge >= 0.3 is 0 Å². The summed E-state index contributed by atoms with van der Waals surface area (Å²) in [5, 5.41) is 6.03. The van der Waals surface area contributed by atoms with Crippen molar-refractivity contribution in [1.29, 1.82) is 0 Å². The van der Waals surface area contributed by atoms with E-state index in [1.54, 1.807) is 7.05 Å². The molecule has 1 unspecified atom stereocenters. The van der Waals surface area contributed by atoms with Gasteiger partial charge in [0.2, 0.25) is 0 Å². The minimum Gasteiger partial charge on any atom is -0.379 e. The van der Waals surface area contributed by atoms with Crippen molar-refractivity contribution in [3.05, 3.63) is 64.1 Å². The molecule has 0 radical (unpaired) electrons. The summed E-state index contributed by atoms with van der Waals surface area (Å²) in [6.07, 6.45) is 0. The number of benzene rings is 2. The molecule has 0 heterocycles. The lowest BCUT2D eigenvalue weighted by atomic mass is 10.1. The summed E-state index contributed by atoms with van der Waals surface area (Å²) in [4.78, 5) is 11.5. The van der Waals surface area contributed by atoms with Crippen LogP contribution in [0.3, 0.4) is 0 Å². The Labute approximate surface area is 127 Å². The molecule has 0 bridgehead atoms. The van der Waals surface area contributed by atoms with Gasteiger partial charge in [-0.15, -0.1) is 0 Å². The highest BCUT2D eigenvalue weighted by Gasteiger charge is 2.07. The first kappa shape index (κ1) is 14.6. The van der Waals surface area contributed by atoms with Gasteiger partial charge in [-0.3, -0.25) is 4.79 Å². The number of hydrogen-bond donors (Lipinski definition) is 2. The summed E-state index contributed by atoms with van der Waals surface area (Å²) in [6.45, 7) is 2.11. The minimum absolute atomic E-state index is 0.0726. The molecule has 104 valence electrons. The van der Waals surface area contributed by atoms with Gasteiger partial charge in [0.25, 0.3) is 5.91 Å². The van der Waals surface area contributed by atoms with E-state index >= 15 is 0 Å². The van der Waals surface area contributed by atoms with Crippen molar-refractivity contribution in [2.45, 2.75) is 13.0 Å². The Morgan fingerprint density at radius 3 is 2.45 bits per heavy atom. The van der Waals surface area contributed by atoms with Gasteiger partial charge in [0.1, 0.15) is 0 Å². The van der Waals surface area contributed by atoms with Crippen LogP contribution in [0.5, 0.6) is 0 Å². The number of halogens is 1. The maximum Gasteiger partial charge on any atom is 0.251 e. The van der Waals surface area contributed by atoms with Crippen LogP contribution in [0, 0.1) is 0 Å². The molecular formula is C16H17BrN2O. The normalized spacial score (nSPS) is 11.8. The molecule has 0 aliphatic carbocycles. The van der Waals surface area contributed by atoms with Crippen LogP contribution in [-0.2, 0) is 0 Å². The molecule has 2 aromatic rings. The predicted molar refractivity (Wildman–Crippen MR) is 86.0 cm³/mol. The van der Waals surface area contributed by atoms with E-state index in [4.69, 9.17) is 0 Å². The van der Waals surface area contributed by atoms with Crippen LogP contribution in [0.1, 0.15) is 28.9 Å². The Hall–Kier alpha value is -1.81. The number of carbonyl (C=O) groups excluding carboxylic acids is 1. The Morgan fingerprint density at radius 1 is 1.15 bits per heavy atom. The second kappa shape index (κ2) is 6.57. The maximum absolute atomic E-state index is 11.5. The van der Waals surface area contributed by atoms with Crippen LogP contribution < -0.4 is 10.6 Å². The molecule has 0 spiro atoms. The number of amides is 1. The van der Waals surface area contributed by atoms with E-state index in [9.17, 15) is 4.79 Å². The van der Waals surface area contributed by atoms with Crippen LogP contribution in [0.15, 0.2) is 53.0 Å². The maximum atomic E-state index is 11.5. The molecule has 0 saturated carbocycles. The number of hydrogen-bond acceptors (Lipinski definition) is 2. The van der Waals surface area contributed by atoms with Crippen molar-refractivity contribution in [1.82, 2.24) is 5.32 Å². The first-order valence-corrected chi connectivity index (χ1v) is 7.23. The van der Waals surface area contributed by atoms with Crippen molar-refractivity contribution in [3.63, 3.8) is 0 Å². The zero-order valence-corrected chi connectivity index (χ0v) is 13.1. The monoisotopic (exact) mass is 332 g/mol. The fraction of sp³-hybridized carbons (Fsp3) is 0.188. The molecule has 20 heavy (non-hydrogen) atoms. The fourth-order valence-corrected chi connectivity index (χ4v) is 2.39. The zero-order valence-electron chi connectivity index (χ0n) is 11.5. The van der Waals surface area contributed by atoms with Crippen molar-refractivity contribution < 1.29 is 4.79 Å². The Kier molecular flexibility index (Phi) is 4.79.